The van der Waals surface area contributed by atoms with Crippen LogP contribution in [0.4, 0.5) is 10.5 Å². The van der Waals surface area contributed by atoms with Gasteiger partial charge in [0.15, 0.2) is 6.29 Å². The van der Waals surface area contributed by atoms with Crippen molar-refractivity contribution in [2.45, 2.75) is 44.6 Å². The molecule has 0 radical (unpaired) electrons. The fourth-order valence-electron chi connectivity index (χ4n) is 6.47. The van der Waals surface area contributed by atoms with Gasteiger partial charge < -0.3 is 19.1 Å². The summed E-state index contributed by atoms with van der Waals surface area (Å²) in [6.07, 6.45) is 2.09. The number of hydrogen-bond donors (Lipinski definition) is 1. The van der Waals surface area contributed by atoms with Gasteiger partial charge in [-0.1, -0.05) is 72.8 Å². The Labute approximate surface area is 254 Å². The number of nitrogens with one attached hydrogen (secondary N) is 1. The number of likely N-dealkylation sites (N-methyl/N-ethyl adjacent to an activating group) is 1. The maximum atomic E-state index is 12.8. The maximum Gasteiger partial charge on any atom is 0.411 e. The standard InChI is InChI=1S/C35H43N3O5/c1-37(24-34(41-2)42-3)33(39)17-16-25-10-9-11-26(18-25)21-38-22-28-19-30(20-29(28)23-38)43-35(40)36-32-15-8-7-14-31(32)27-12-5-4-6-13-27/h4-15,18,28-30,34H,16-17,19-24H2,1-3H3,(H,36,40)/t28-,29+,30+. The highest BCUT2D eigenvalue weighted by molar-refractivity contribution is 5.91. The molecule has 0 aromatic heterocycles. The number of rotatable bonds is 12. The number of carbonyl (C=O) groups is 2. The molecule has 1 aliphatic heterocycles. The molecule has 1 heterocycles. The quantitative estimate of drug-likeness (QED) is 0.270. The van der Waals surface area contributed by atoms with E-state index >= 15 is 0 Å². The molecule has 2 fully saturated rings. The molecule has 3 atom stereocenters. The van der Waals surface area contributed by atoms with Crippen LogP contribution in [0, 0.1) is 11.8 Å². The molecule has 2 aliphatic rings. The van der Waals surface area contributed by atoms with Crippen molar-refractivity contribution in [2.24, 2.45) is 11.8 Å². The van der Waals surface area contributed by atoms with E-state index in [1.807, 2.05) is 54.6 Å². The van der Waals surface area contributed by atoms with Crippen molar-refractivity contribution < 1.29 is 23.8 Å². The molecule has 228 valence electrons. The van der Waals surface area contributed by atoms with Gasteiger partial charge >= 0.3 is 6.09 Å². The first-order chi connectivity index (χ1) is 20.9. The molecule has 8 heteroatoms. The van der Waals surface area contributed by atoms with Gasteiger partial charge in [-0.15, -0.1) is 0 Å². The van der Waals surface area contributed by atoms with Gasteiger partial charge in [0.25, 0.3) is 0 Å². The van der Waals surface area contributed by atoms with E-state index in [0.717, 1.165) is 49.3 Å². The lowest BCUT2D eigenvalue weighted by molar-refractivity contribution is -0.143. The Balaban J connectivity index is 1.06. The molecule has 5 rings (SSSR count). The maximum absolute atomic E-state index is 12.8. The topological polar surface area (TPSA) is 80.3 Å². The zero-order valence-electron chi connectivity index (χ0n) is 25.4. The van der Waals surface area contributed by atoms with Crippen LogP contribution in [0.1, 0.15) is 30.4 Å². The molecule has 0 spiro atoms. The SMILES string of the molecule is COC(CN(C)C(=O)CCc1cccc(CN2C[C@H]3C[C@H](OC(=O)Nc4ccccc4-c4ccccc4)C[C@H]3C2)c1)OC. The first-order valence-electron chi connectivity index (χ1n) is 15.1. The van der Waals surface area contributed by atoms with Crippen molar-refractivity contribution in [3.05, 3.63) is 90.0 Å². The molecular weight excluding hydrogens is 542 g/mol. The number of likely N-dealkylation sites (tertiary alicyclic amines) is 1. The number of ether oxygens (including phenoxy) is 3. The Hall–Kier alpha value is -3.72. The van der Waals surface area contributed by atoms with Crippen LogP contribution < -0.4 is 5.32 Å². The third-order valence-electron chi connectivity index (χ3n) is 8.71. The summed E-state index contributed by atoms with van der Waals surface area (Å²) in [5.41, 5.74) is 5.22. The zero-order valence-corrected chi connectivity index (χ0v) is 25.4. The lowest BCUT2D eigenvalue weighted by atomic mass is 10.0. The van der Waals surface area contributed by atoms with Gasteiger partial charge in [-0.3, -0.25) is 15.0 Å². The second-order valence-electron chi connectivity index (χ2n) is 11.7. The summed E-state index contributed by atoms with van der Waals surface area (Å²) in [6.45, 7) is 3.32. The van der Waals surface area contributed by atoms with Crippen molar-refractivity contribution in [3.8, 4) is 11.1 Å². The molecule has 1 saturated carbocycles. The fourth-order valence-corrected chi connectivity index (χ4v) is 6.47. The minimum absolute atomic E-state index is 0.0527. The van der Waals surface area contributed by atoms with Crippen LogP contribution in [0.25, 0.3) is 11.1 Å². The van der Waals surface area contributed by atoms with E-state index in [-0.39, 0.29) is 18.1 Å². The molecule has 2 amide bonds. The summed E-state index contributed by atoms with van der Waals surface area (Å²) < 4.78 is 16.3. The minimum atomic E-state index is -0.418. The smallest absolute Gasteiger partial charge is 0.411 e. The number of para-hydroxylation sites is 1. The molecule has 0 unspecified atom stereocenters. The van der Waals surface area contributed by atoms with Crippen molar-refractivity contribution in [1.29, 1.82) is 0 Å². The fraction of sp³-hybridized carbons (Fsp3) is 0.429. The molecule has 0 bridgehead atoms. The third kappa shape index (κ3) is 8.22. The summed E-state index contributed by atoms with van der Waals surface area (Å²) >= 11 is 0. The normalized spacial score (nSPS) is 19.8. The van der Waals surface area contributed by atoms with Crippen molar-refractivity contribution in [2.75, 3.05) is 46.2 Å². The van der Waals surface area contributed by atoms with Gasteiger partial charge in [-0.2, -0.15) is 0 Å². The number of benzene rings is 3. The number of nitrogens with zero attached hydrogens (tertiary/aromatic N) is 2. The summed E-state index contributed by atoms with van der Waals surface area (Å²) in [7, 11) is 4.93. The van der Waals surface area contributed by atoms with Crippen LogP contribution in [-0.2, 0) is 32.0 Å². The molecule has 8 nitrogen and oxygen atoms in total. The number of carbonyl (C=O) groups excluding carboxylic acids is 2. The van der Waals surface area contributed by atoms with Gasteiger partial charge in [0, 0.05) is 52.9 Å². The van der Waals surface area contributed by atoms with Gasteiger partial charge in [0.2, 0.25) is 5.91 Å². The van der Waals surface area contributed by atoms with Crippen molar-refractivity contribution in [3.63, 3.8) is 0 Å². The van der Waals surface area contributed by atoms with Gasteiger partial charge in [0.1, 0.15) is 6.10 Å². The largest absolute Gasteiger partial charge is 0.446 e. The Morgan fingerprint density at radius 1 is 0.907 bits per heavy atom. The van der Waals surface area contributed by atoms with E-state index in [1.54, 1.807) is 26.2 Å². The molecule has 43 heavy (non-hydrogen) atoms. The summed E-state index contributed by atoms with van der Waals surface area (Å²) in [4.78, 5) is 29.6. The second kappa shape index (κ2) is 14.6. The monoisotopic (exact) mass is 585 g/mol. The highest BCUT2D eigenvalue weighted by atomic mass is 16.7. The average Bonchev–Trinajstić information content (AvgIpc) is 3.57. The Morgan fingerprint density at radius 2 is 1.58 bits per heavy atom. The van der Waals surface area contributed by atoms with E-state index in [2.05, 4.69) is 34.5 Å². The Morgan fingerprint density at radius 3 is 2.30 bits per heavy atom. The molecule has 3 aromatic carbocycles. The van der Waals surface area contributed by atoms with Gasteiger partial charge in [-0.05, 0) is 53.9 Å². The van der Waals surface area contributed by atoms with Crippen LogP contribution in [0.3, 0.4) is 0 Å². The second-order valence-corrected chi connectivity index (χ2v) is 11.7. The summed E-state index contributed by atoms with van der Waals surface area (Å²) in [5, 5.41) is 2.98. The number of hydrogen-bond acceptors (Lipinski definition) is 6. The van der Waals surface area contributed by atoms with Crippen LogP contribution in [0.15, 0.2) is 78.9 Å². The molecular formula is C35H43N3O5. The Kier molecular flexibility index (Phi) is 10.5. The van der Waals surface area contributed by atoms with E-state index in [4.69, 9.17) is 14.2 Å². The van der Waals surface area contributed by atoms with Crippen molar-refractivity contribution in [1.82, 2.24) is 9.80 Å². The molecule has 1 N–H and O–H groups in total. The van der Waals surface area contributed by atoms with Crippen LogP contribution >= 0.6 is 0 Å². The van der Waals surface area contributed by atoms with Crippen LogP contribution in [0.5, 0.6) is 0 Å². The molecule has 3 aromatic rings. The number of anilines is 1. The molecule has 1 saturated heterocycles. The first kappa shape index (κ1) is 30.7. The van der Waals surface area contributed by atoms with Crippen molar-refractivity contribution >= 4 is 17.7 Å². The van der Waals surface area contributed by atoms with Gasteiger partial charge in [0.05, 0.1) is 12.2 Å². The van der Waals surface area contributed by atoms with Gasteiger partial charge in [-0.25, -0.2) is 4.79 Å². The lowest BCUT2D eigenvalue weighted by Crippen LogP contribution is -2.36. The summed E-state index contributed by atoms with van der Waals surface area (Å²) in [6, 6.07) is 26.4. The summed E-state index contributed by atoms with van der Waals surface area (Å²) in [5.74, 6) is 1.14. The van der Waals surface area contributed by atoms with Crippen LogP contribution in [-0.4, -0.2) is 75.1 Å². The third-order valence-corrected chi connectivity index (χ3v) is 8.71. The highest BCUT2D eigenvalue weighted by Crippen LogP contribution is 2.40. The number of aryl methyl sites for hydroxylation is 1. The lowest BCUT2D eigenvalue weighted by Gasteiger charge is -2.22. The number of amides is 2. The predicted octanol–water partition coefficient (Wildman–Crippen LogP) is 5.82. The van der Waals surface area contributed by atoms with E-state index < -0.39 is 6.29 Å². The van der Waals surface area contributed by atoms with E-state index in [9.17, 15) is 9.59 Å². The van der Waals surface area contributed by atoms with Crippen LogP contribution in [0.2, 0.25) is 0 Å². The highest BCUT2D eigenvalue weighted by Gasteiger charge is 2.42. The first-order valence-corrected chi connectivity index (χ1v) is 15.1. The Bertz CT molecular complexity index is 1350. The average molecular weight is 586 g/mol. The minimum Gasteiger partial charge on any atom is -0.446 e. The predicted molar refractivity (Wildman–Crippen MR) is 167 cm³/mol. The van der Waals surface area contributed by atoms with E-state index in [1.165, 1.54) is 11.1 Å². The molecule has 1 aliphatic carbocycles. The van der Waals surface area contributed by atoms with E-state index in [0.29, 0.717) is 31.2 Å². The zero-order chi connectivity index (χ0) is 30.2. The number of fused-ring (bicyclic) bond motifs is 1. The number of methoxy groups -OCH3 is 2.